The first-order chi connectivity index (χ1) is 12.6. The molecular formula is C19H19N3O4. The zero-order valence-corrected chi connectivity index (χ0v) is 14.2. The van der Waals surface area contributed by atoms with E-state index in [9.17, 15) is 14.4 Å². The van der Waals surface area contributed by atoms with Crippen LogP contribution in [0.4, 0.5) is 5.69 Å². The zero-order chi connectivity index (χ0) is 18.5. The molecule has 3 amide bonds. The van der Waals surface area contributed by atoms with Gasteiger partial charge < -0.3 is 20.7 Å². The number of benzene rings is 2. The first-order valence-electron chi connectivity index (χ1n) is 8.18. The average Bonchev–Trinajstić information content (AvgIpc) is 2.77. The number of hydrogen-bond donors (Lipinski definition) is 3. The van der Waals surface area contributed by atoms with E-state index in [1.807, 2.05) is 18.2 Å². The quantitative estimate of drug-likeness (QED) is 0.758. The first-order valence-corrected chi connectivity index (χ1v) is 8.18. The smallest absolute Gasteiger partial charge is 0.254 e. The monoisotopic (exact) mass is 353 g/mol. The third kappa shape index (κ3) is 3.83. The fourth-order valence-electron chi connectivity index (χ4n) is 2.76. The van der Waals surface area contributed by atoms with Gasteiger partial charge in [-0.2, -0.15) is 0 Å². The Balaban J connectivity index is 1.63. The van der Waals surface area contributed by atoms with Gasteiger partial charge in [0.1, 0.15) is 11.8 Å². The molecule has 0 unspecified atom stereocenters. The third-order valence-electron chi connectivity index (χ3n) is 4.11. The molecule has 0 saturated carbocycles. The van der Waals surface area contributed by atoms with Crippen LogP contribution in [0.15, 0.2) is 48.5 Å². The van der Waals surface area contributed by atoms with Gasteiger partial charge in [0, 0.05) is 12.1 Å². The van der Waals surface area contributed by atoms with E-state index in [4.69, 9.17) is 4.74 Å². The summed E-state index contributed by atoms with van der Waals surface area (Å²) in [4.78, 5) is 36.8. The predicted octanol–water partition coefficient (Wildman–Crippen LogP) is 1.45. The minimum absolute atomic E-state index is 0.152. The molecule has 134 valence electrons. The van der Waals surface area contributed by atoms with Crippen molar-refractivity contribution in [3.63, 3.8) is 0 Å². The van der Waals surface area contributed by atoms with Crippen LogP contribution in [0.3, 0.4) is 0 Å². The van der Waals surface area contributed by atoms with Gasteiger partial charge in [0.05, 0.1) is 24.8 Å². The van der Waals surface area contributed by atoms with Crippen molar-refractivity contribution >= 4 is 23.4 Å². The van der Waals surface area contributed by atoms with Gasteiger partial charge in [0.25, 0.3) is 5.91 Å². The highest BCUT2D eigenvalue weighted by Gasteiger charge is 2.29. The number of methoxy groups -OCH3 is 1. The standard InChI is InChI=1S/C19H19N3O4/c1-26-16-9-5-2-6-12(16)11-20-17(23)10-15-19(25)21-14-8-4-3-7-13(14)18(24)22-15/h2-9,15H,10-11H2,1H3,(H,20,23)(H,21,25)(H,22,24)/t15-/m1/s1. The van der Waals surface area contributed by atoms with Crippen LogP contribution in [0.25, 0.3) is 0 Å². The second kappa shape index (κ2) is 7.69. The molecule has 1 aliphatic rings. The van der Waals surface area contributed by atoms with Gasteiger partial charge >= 0.3 is 0 Å². The fourth-order valence-corrected chi connectivity index (χ4v) is 2.76. The molecule has 0 aromatic heterocycles. The highest BCUT2D eigenvalue weighted by molar-refractivity contribution is 6.10. The van der Waals surface area contributed by atoms with Crippen LogP contribution in [0.5, 0.6) is 5.75 Å². The molecule has 0 fully saturated rings. The van der Waals surface area contributed by atoms with Crippen molar-refractivity contribution in [1.82, 2.24) is 10.6 Å². The lowest BCUT2D eigenvalue weighted by Gasteiger charge is -2.15. The molecule has 26 heavy (non-hydrogen) atoms. The molecule has 7 nitrogen and oxygen atoms in total. The van der Waals surface area contributed by atoms with E-state index >= 15 is 0 Å². The van der Waals surface area contributed by atoms with Crippen LogP contribution in [-0.2, 0) is 16.1 Å². The highest BCUT2D eigenvalue weighted by atomic mass is 16.5. The maximum Gasteiger partial charge on any atom is 0.254 e. The summed E-state index contributed by atoms with van der Waals surface area (Å²) in [6.45, 7) is 0.269. The van der Waals surface area contributed by atoms with Gasteiger partial charge in [-0.15, -0.1) is 0 Å². The highest BCUT2D eigenvalue weighted by Crippen LogP contribution is 2.19. The topological polar surface area (TPSA) is 96.5 Å². The van der Waals surface area contributed by atoms with Crippen LogP contribution < -0.4 is 20.7 Å². The van der Waals surface area contributed by atoms with Crippen molar-refractivity contribution in [2.45, 2.75) is 19.0 Å². The van der Waals surface area contributed by atoms with E-state index in [-0.39, 0.29) is 24.8 Å². The van der Waals surface area contributed by atoms with Crippen molar-refractivity contribution in [2.75, 3.05) is 12.4 Å². The molecule has 2 aromatic carbocycles. The molecule has 3 rings (SSSR count). The lowest BCUT2D eigenvalue weighted by Crippen LogP contribution is -2.44. The van der Waals surface area contributed by atoms with Gasteiger partial charge in [-0.05, 0) is 18.2 Å². The third-order valence-corrected chi connectivity index (χ3v) is 4.11. The Kier molecular flexibility index (Phi) is 5.17. The van der Waals surface area contributed by atoms with Gasteiger partial charge in [0.15, 0.2) is 0 Å². The van der Waals surface area contributed by atoms with Crippen molar-refractivity contribution < 1.29 is 19.1 Å². The Morgan fingerprint density at radius 2 is 1.85 bits per heavy atom. The van der Waals surface area contributed by atoms with Crippen LogP contribution >= 0.6 is 0 Å². The first kappa shape index (κ1) is 17.5. The van der Waals surface area contributed by atoms with E-state index in [0.717, 1.165) is 5.56 Å². The SMILES string of the molecule is COc1ccccc1CNC(=O)C[C@H]1NC(=O)c2ccccc2NC1=O. The normalized spacial score (nSPS) is 16.0. The Bertz CT molecular complexity index is 850. The van der Waals surface area contributed by atoms with Gasteiger partial charge in [-0.3, -0.25) is 14.4 Å². The Morgan fingerprint density at radius 1 is 1.12 bits per heavy atom. The Hall–Kier alpha value is -3.35. The number of rotatable bonds is 5. The summed E-state index contributed by atoms with van der Waals surface area (Å²) in [6.07, 6.45) is -0.152. The number of carbonyl (C=O) groups excluding carboxylic acids is 3. The molecule has 0 saturated heterocycles. The molecular weight excluding hydrogens is 334 g/mol. The average molecular weight is 353 g/mol. The van der Waals surface area contributed by atoms with Crippen molar-refractivity contribution in [1.29, 1.82) is 0 Å². The van der Waals surface area contributed by atoms with Crippen molar-refractivity contribution in [2.24, 2.45) is 0 Å². The van der Waals surface area contributed by atoms with E-state index in [1.165, 1.54) is 0 Å². The number of nitrogens with one attached hydrogen (secondary N) is 3. The molecule has 0 aliphatic carbocycles. The molecule has 0 radical (unpaired) electrons. The fraction of sp³-hybridized carbons (Fsp3) is 0.211. The molecule has 0 bridgehead atoms. The number of ether oxygens (including phenoxy) is 1. The number of para-hydroxylation sites is 2. The maximum absolute atomic E-state index is 12.3. The van der Waals surface area contributed by atoms with Crippen LogP contribution in [-0.4, -0.2) is 30.9 Å². The summed E-state index contributed by atoms with van der Waals surface area (Å²) in [6, 6.07) is 13.1. The second-order valence-corrected chi connectivity index (χ2v) is 5.85. The predicted molar refractivity (Wildman–Crippen MR) is 95.8 cm³/mol. The zero-order valence-electron chi connectivity index (χ0n) is 14.2. The molecule has 1 heterocycles. The van der Waals surface area contributed by atoms with Crippen LogP contribution in [0, 0.1) is 0 Å². The lowest BCUT2D eigenvalue weighted by molar-refractivity contribution is -0.125. The number of amides is 3. The van der Waals surface area contributed by atoms with Crippen molar-refractivity contribution in [3.05, 3.63) is 59.7 Å². The number of hydrogen-bond acceptors (Lipinski definition) is 4. The lowest BCUT2D eigenvalue weighted by atomic mass is 10.1. The summed E-state index contributed by atoms with van der Waals surface area (Å²) in [7, 11) is 1.56. The Morgan fingerprint density at radius 3 is 2.65 bits per heavy atom. The number of anilines is 1. The minimum atomic E-state index is -0.937. The minimum Gasteiger partial charge on any atom is -0.496 e. The number of fused-ring (bicyclic) bond motifs is 1. The summed E-state index contributed by atoms with van der Waals surface area (Å²) >= 11 is 0. The van der Waals surface area contributed by atoms with Gasteiger partial charge in [-0.25, -0.2) is 0 Å². The summed E-state index contributed by atoms with van der Waals surface area (Å²) < 4.78 is 5.24. The Labute approximate surface area is 150 Å². The van der Waals surface area contributed by atoms with Gasteiger partial charge in [0.2, 0.25) is 11.8 Å². The second-order valence-electron chi connectivity index (χ2n) is 5.85. The molecule has 2 aromatic rings. The largest absolute Gasteiger partial charge is 0.496 e. The summed E-state index contributed by atoms with van der Waals surface area (Å²) in [5, 5.41) is 8.03. The van der Waals surface area contributed by atoms with Crippen molar-refractivity contribution in [3.8, 4) is 5.75 Å². The summed E-state index contributed by atoms with van der Waals surface area (Å²) in [5.41, 5.74) is 1.63. The van der Waals surface area contributed by atoms with Crippen LogP contribution in [0.1, 0.15) is 22.3 Å². The molecule has 1 atom stereocenters. The number of carbonyl (C=O) groups is 3. The van der Waals surface area contributed by atoms with E-state index in [0.29, 0.717) is 17.0 Å². The van der Waals surface area contributed by atoms with E-state index in [2.05, 4.69) is 16.0 Å². The van der Waals surface area contributed by atoms with Crippen LogP contribution in [0.2, 0.25) is 0 Å². The molecule has 7 heteroatoms. The van der Waals surface area contributed by atoms with E-state index < -0.39 is 11.9 Å². The molecule has 3 N–H and O–H groups in total. The van der Waals surface area contributed by atoms with Gasteiger partial charge in [-0.1, -0.05) is 30.3 Å². The maximum atomic E-state index is 12.3. The summed E-state index contributed by atoms with van der Waals surface area (Å²) in [5.74, 6) is -0.483. The molecule has 0 spiro atoms. The molecule has 1 aliphatic heterocycles. The van der Waals surface area contributed by atoms with E-state index in [1.54, 1.807) is 37.4 Å².